The summed E-state index contributed by atoms with van der Waals surface area (Å²) in [6, 6.07) is 0. The summed E-state index contributed by atoms with van der Waals surface area (Å²) in [6.45, 7) is 3.98. The molecule has 164 valence electrons. The number of aliphatic carboxylic acids is 1. The summed E-state index contributed by atoms with van der Waals surface area (Å²) in [5.74, 6) is -0.894. The van der Waals surface area contributed by atoms with E-state index in [-0.39, 0.29) is 41.6 Å². The molecule has 2 atom stereocenters. The Balaban J connectivity index is -0.000000918. The molecule has 28 heavy (non-hydrogen) atoms. The van der Waals surface area contributed by atoms with Gasteiger partial charge in [-0.1, -0.05) is 70.9 Å². The van der Waals surface area contributed by atoms with Crippen LogP contribution in [0, 0.1) is 5.92 Å². The molecule has 0 saturated carbocycles. The van der Waals surface area contributed by atoms with Crippen LogP contribution in [0.5, 0.6) is 0 Å². The second-order valence-electron chi connectivity index (χ2n) is 6.89. The topological polar surface area (TPSA) is 132 Å². The minimum atomic E-state index is -4.67. The fraction of sp³-hybridized carbons (Fsp3) is 0.842. The number of carboxylic acids is 1. The van der Waals surface area contributed by atoms with Crippen molar-refractivity contribution in [3.63, 3.8) is 0 Å². The summed E-state index contributed by atoms with van der Waals surface area (Å²) in [6.07, 6.45) is 17.0. The predicted octanol–water partition coefficient (Wildman–Crippen LogP) is 4.02. The van der Waals surface area contributed by atoms with E-state index < -0.39 is 16.4 Å². The summed E-state index contributed by atoms with van der Waals surface area (Å²) >= 11 is 0. The summed E-state index contributed by atoms with van der Waals surface area (Å²) in [5, 5.41) is 18.6. The zero-order valence-electron chi connectivity index (χ0n) is 16.7. The van der Waals surface area contributed by atoms with Crippen molar-refractivity contribution in [3.05, 3.63) is 12.2 Å². The van der Waals surface area contributed by atoms with E-state index in [1.54, 1.807) is 6.92 Å². The van der Waals surface area contributed by atoms with Gasteiger partial charge in [-0.15, -0.1) is 0 Å². The molecule has 0 aromatic heterocycles. The Morgan fingerprint density at radius 1 is 0.929 bits per heavy atom. The fourth-order valence-corrected chi connectivity index (χ4v) is 2.49. The van der Waals surface area contributed by atoms with Crippen LogP contribution in [0.3, 0.4) is 0 Å². The Morgan fingerprint density at radius 2 is 1.43 bits per heavy atom. The van der Waals surface area contributed by atoms with Crippen molar-refractivity contribution in [2.45, 2.75) is 97.0 Å². The number of rotatable bonds is 15. The molecule has 7 nitrogen and oxygen atoms in total. The van der Waals surface area contributed by atoms with E-state index in [1.165, 1.54) is 19.3 Å². The zero-order chi connectivity index (χ0) is 21.1. The van der Waals surface area contributed by atoms with E-state index in [2.05, 4.69) is 19.1 Å². The fourth-order valence-electron chi connectivity index (χ4n) is 2.49. The van der Waals surface area contributed by atoms with Crippen molar-refractivity contribution in [3.8, 4) is 0 Å². The van der Waals surface area contributed by atoms with Crippen molar-refractivity contribution >= 4 is 45.9 Å². The Hall–Kier alpha value is 0.0400. The predicted molar refractivity (Wildman–Crippen MR) is 114 cm³/mol. The molecule has 9 heteroatoms. The average Bonchev–Trinajstić information content (AvgIpc) is 2.55. The maximum atomic E-state index is 10.7. The summed E-state index contributed by atoms with van der Waals surface area (Å²) in [5.41, 5.74) is 0. The van der Waals surface area contributed by atoms with Crippen molar-refractivity contribution in [2.24, 2.45) is 5.92 Å². The third-order valence-corrected chi connectivity index (χ3v) is 4.15. The van der Waals surface area contributed by atoms with Gasteiger partial charge in [0.05, 0.1) is 12.0 Å². The van der Waals surface area contributed by atoms with Crippen LogP contribution >= 0.6 is 0 Å². The van der Waals surface area contributed by atoms with Gasteiger partial charge in [-0.2, -0.15) is 8.42 Å². The van der Waals surface area contributed by atoms with E-state index in [1.807, 2.05) is 0 Å². The SMILES string of the molecule is CCCCCC[C@@H](O)C/C=C\CCCCCCC(C)C(=O)O.O=S(=O)(O)O.[NaH]. The first-order valence-electron chi connectivity index (χ1n) is 9.83. The van der Waals surface area contributed by atoms with E-state index in [0.717, 1.165) is 57.8 Å². The molecular weight excluding hydrogens is 395 g/mol. The van der Waals surface area contributed by atoms with E-state index in [0.29, 0.717) is 0 Å². The van der Waals surface area contributed by atoms with Crippen LogP contribution in [0.2, 0.25) is 0 Å². The molecule has 0 aliphatic rings. The van der Waals surface area contributed by atoms with Crippen molar-refractivity contribution < 1.29 is 32.5 Å². The monoisotopic (exact) mass is 434 g/mol. The number of carbonyl (C=O) groups is 1. The molecule has 0 saturated heterocycles. The first kappa shape index (κ1) is 32.7. The molecule has 0 aromatic carbocycles. The van der Waals surface area contributed by atoms with Gasteiger partial charge in [0.25, 0.3) is 0 Å². The number of unbranched alkanes of at least 4 members (excludes halogenated alkanes) is 7. The average molecular weight is 435 g/mol. The molecule has 0 aliphatic heterocycles. The summed E-state index contributed by atoms with van der Waals surface area (Å²) in [7, 11) is -4.67. The normalized spacial score (nSPS) is 13.3. The van der Waals surface area contributed by atoms with Gasteiger partial charge in [0.2, 0.25) is 0 Å². The van der Waals surface area contributed by atoms with Gasteiger partial charge in [0.15, 0.2) is 0 Å². The van der Waals surface area contributed by atoms with Crippen molar-refractivity contribution in [1.82, 2.24) is 0 Å². The van der Waals surface area contributed by atoms with Crippen LogP contribution in [0.25, 0.3) is 0 Å². The van der Waals surface area contributed by atoms with Crippen LogP contribution in [-0.2, 0) is 15.2 Å². The molecule has 0 fully saturated rings. The number of carboxylic acid groups (broad SMARTS) is 1. The van der Waals surface area contributed by atoms with Gasteiger partial charge in [-0.3, -0.25) is 13.9 Å². The molecular formula is C19H39NaO7S. The summed E-state index contributed by atoms with van der Waals surface area (Å²) < 4.78 is 31.6. The van der Waals surface area contributed by atoms with Crippen LogP contribution in [0.1, 0.15) is 90.9 Å². The van der Waals surface area contributed by atoms with E-state index in [9.17, 15) is 9.90 Å². The quantitative estimate of drug-likeness (QED) is 0.132. The molecule has 4 N–H and O–H groups in total. The molecule has 0 amide bonds. The van der Waals surface area contributed by atoms with Crippen molar-refractivity contribution in [2.75, 3.05) is 0 Å². The first-order chi connectivity index (χ1) is 12.6. The Bertz CT molecular complexity index is 473. The first-order valence-corrected chi connectivity index (χ1v) is 11.2. The number of hydrogen-bond acceptors (Lipinski definition) is 4. The second kappa shape index (κ2) is 21.7. The molecule has 0 bridgehead atoms. The van der Waals surface area contributed by atoms with Crippen LogP contribution in [0.15, 0.2) is 12.2 Å². The third kappa shape index (κ3) is 33.6. The number of aliphatic hydroxyl groups is 1. The molecule has 0 spiro atoms. The van der Waals surface area contributed by atoms with E-state index in [4.69, 9.17) is 22.6 Å². The van der Waals surface area contributed by atoms with Gasteiger partial charge in [0.1, 0.15) is 0 Å². The summed E-state index contributed by atoms with van der Waals surface area (Å²) in [4.78, 5) is 10.7. The van der Waals surface area contributed by atoms with Gasteiger partial charge in [0, 0.05) is 0 Å². The minimum absolute atomic E-state index is 0. The molecule has 1 unspecified atom stereocenters. The molecule has 0 radical (unpaired) electrons. The molecule has 0 heterocycles. The van der Waals surface area contributed by atoms with Crippen LogP contribution in [-0.4, -0.2) is 69.4 Å². The van der Waals surface area contributed by atoms with Crippen LogP contribution < -0.4 is 0 Å². The van der Waals surface area contributed by atoms with E-state index >= 15 is 0 Å². The Morgan fingerprint density at radius 3 is 1.96 bits per heavy atom. The number of hydrogen-bond donors (Lipinski definition) is 4. The molecule has 0 rings (SSSR count). The Kier molecular flexibility index (Phi) is 25.4. The van der Waals surface area contributed by atoms with Crippen molar-refractivity contribution in [1.29, 1.82) is 0 Å². The number of aliphatic hydroxyl groups excluding tert-OH is 1. The van der Waals surface area contributed by atoms with Gasteiger partial charge >= 0.3 is 45.9 Å². The van der Waals surface area contributed by atoms with Crippen LogP contribution in [0.4, 0.5) is 0 Å². The van der Waals surface area contributed by atoms with Gasteiger partial charge in [-0.05, 0) is 32.1 Å². The van der Waals surface area contributed by atoms with Gasteiger partial charge in [-0.25, -0.2) is 0 Å². The third-order valence-electron chi connectivity index (χ3n) is 4.15. The molecule has 0 aromatic rings. The number of allylic oxidation sites excluding steroid dienone is 1. The van der Waals surface area contributed by atoms with Gasteiger partial charge < -0.3 is 10.2 Å². The standard InChI is InChI=1S/C19H36O3.Na.H2O4S.H/c1-3-4-5-12-15-18(20)16-13-10-8-6-7-9-11-14-17(2)19(21)22;;1-5(2,3)4;/h10,13,17-18,20H,3-9,11-12,14-16H2,1-2H3,(H,21,22);;(H2,1,2,3,4);/b13-10-;;;/t17?,18-;;;/m1.../s1. The Labute approximate surface area is 192 Å². The maximum absolute atomic E-state index is 10.7. The zero-order valence-corrected chi connectivity index (χ0v) is 17.5. The second-order valence-corrected chi connectivity index (χ2v) is 7.78. The molecule has 0 aliphatic carbocycles.